The molecule has 1 aromatic rings. The number of benzene rings is 1. The third-order valence-corrected chi connectivity index (χ3v) is 4.45. The van der Waals surface area contributed by atoms with Crippen LogP contribution in [-0.4, -0.2) is 30.2 Å². The Morgan fingerprint density at radius 1 is 1.38 bits per heavy atom. The second kappa shape index (κ2) is 7.57. The largest absolute Gasteiger partial charge is 0.391 e. The molecule has 0 spiro atoms. The highest BCUT2D eigenvalue weighted by molar-refractivity contribution is 5.96. The van der Waals surface area contributed by atoms with Gasteiger partial charge in [0.2, 0.25) is 0 Å². The van der Waals surface area contributed by atoms with Crippen molar-refractivity contribution in [3.8, 4) is 0 Å². The fourth-order valence-corrected chi connectivity index (χ4v) is 3.04. The molecule has 116 valence electrons. The van der Waals surface area contributed by atoms with Gasteiger partial charge in [-0.15, -0.1) is 0 Å². The lowest BCUT2D eigenvalue weighted by molar-refractivity contribution is 0.0816. The molecule has 2 rings (SSSR count). The molecule has 1 atom stereocenters. The Bertz CT molecular complexity index is 484. The molecule has 21 heavy (non-hydrogen) atoms. The highest BCUT2D eigenvalue weighted by Gasteiger charge is 2.20. The molecule has 0 aromatic heterocycles. The Morgan fingerprint density at radius 3 is 2.86 bits per heavy atom. The monoisotopic (exact) mass is 290 g/mol. The van der Waals surface area contributed by atoms with Crippen LogP contribution in [0.2, 0.25) is 0 Å². The quantitative estimate of drug-likeness (QED) is 0.749. The smallest absolute Gasteiger partial charge is 0.251 e. The molecule has 0 fully saturated rings. The molecular weight excluding hydrogens is 264 g/mol. The summed E-state index contributed by atoms with van der Waals surface area (Å²) in [5.41, 5.74) is 3.10. The van der Waals surface area contributed by atoms with E-state index >= 15 is 0 Å². The first-order valence-electron chi connectivity index (χ1n) is 7.95. The van der Waals surface area contributed by atoms with Crippen LogP contribution < -0.4 is 10.6 Å². The summed E-state index contributed by atoms with van der Waals surface area (Å²) in [4.78, 5) is 12.4. The minimum Gasteiger partial charge on any atom is -0.391 e. The molecule has 1 aromatic carbocycles. The zero-order valence-corrected chi connectivity index (χ0v) is 13.0. The molecular formula is C17H26N2O2. The van der Waals surface area contributed by atoms with Crippen LogP contribution in [0.15, 0.2) is 18.2 Å². The second-order valence-electron chi connectivity index (χ2n) is 5.72. The fraction of sp³-hybridized carbons (Fsp3) is 0.588. The summed E-state index contributed by atoms with van der Waals surface area (Å²) < 4.78 is 0. The van der Waals surface area contributed by atoms with Gasteiger partial charge in [0.15, 0.2) is 0 Å². The average Bonchev–Trinajstić information content (AvgIpc) is 2.53. The van der Waals surface area contributed by atoms with Crippen molar-refractivity contribution in [3.05, 3.63) is 34.9 Å². The SMILES string of the molecule is CCC(CC)C(O)CNC(=O)c1cccc2c1CCNC2. The van der Waals surface area contributed by atoms with Crippen LogP contribution in [0.3, 0.4) is 0 Å². The van der Waals surface area contributed by atoms with Crippen LogP contribution in [0, 0.1) is 5.92 Å². The Labute approximate surface area is 126 Å². The third kappa shape index (κ3) is 3.83. The number of fused-ring (bicyclic) bond motifs is 1. The van der Waals surface area contributed by atoms with Gasteiger partial charge in [0, 0.05) is 18.7 Å². The van der Waals surface area contributed by atoms with Crippen LogP contribution >= 0.6 is 0 Å². The first-order chi connectivity index (χ1) is 10.2. The zero-order valence-electron chi connectivity index (χ0n) is 13.0. The summed E-state index contributed by atoms with van der Waals surface area (Å²) in [6.07, 6.45) is 2.28. The van der Waals surface area contributed by atoms with Gasteiger partial charge in [-0.2, -0.15) is 0 Å². The molecule has 1 amide bonds. The molecule has 0 saturated heterocycles. The van der Waals surface area contributed by atoms with E-state index in [2.05, 4.69) is 30.5 Å². The highest BCUT2D eigenvalue weighted by Crippen LogP contribution is 2.19. The van der Waals surface area contributed by atoms with Crippen LogP contribution in [0.1, 0.15) is 48.2 Å². The lowest BCUT2D eigenvalue weighted by Crippen LogP contribution is -2.37. The summed E-state index contributed by atoms with van der Waals surface area (Å²) in [5.74, 6) is 0.179. The number of hydrogen-bond donors (Lipinski definition) is 3. The maximum absolute atomic E-state index is 12.4. The summed E-state index contributed by atoms with van der Waals surface area (Å²) in [5, 5.41) is 16.3. The molecule has 3 N–H and O–H groups in total. The molecule has 4 nitrogen and oxygen atoms in total. The van der Waals surface area contributed by atoms with E-state index in [1.807, 2.05) is 12.1 Å². The van der Waals surface area contributed by atoms with Crippen molar-refractivity contribution < 1.29 is 9.90 Å². The lowest BCUT2D eigenvalue weighted by atomic mass is 9.94. The maximum Gasteiger partial charge on any atom is 0.251 e. The number of aliphatic hydroxyl groups is 1. The standard InChI is InChI=1S/C17H26N2O2/c1-3-12(4-2)16(20)11-19-17(21)15-7-5-6-13-10-18-9-8-14(13)15/h5-7,12,16,18,20H,3-4,8-11H2,1-2H3,(H,19,21). The number of carbonyl (C=O) groups excluding carboxylic acids is 1. The maximum atomic E-state index is 12.4. The molecule has 0 radical (unpaired) electrons. The lowest BCUT2D eigenvalue weighted by Gasteiger charge is -2.22. The topological polar surface area (TPSA) is 61.4 Å². The van der Waals surface area contributed by atoms with E-state index in [4.69, 9.17) is 0 Å². The van der Waals surface area contributed by atoms with Crippen molar-refractivity contribution in [2.24, 2.45) is 5.92 Å². The highest BCUT2D eigenvalue weighted by atomic mass is 16.3. The van der Waals surface area contributed by atoms with Gasteiger partial charge in [0.1, 0.15) is 0 Å². The van der Waals surface area contributed by atoms with Crippen LogP contribution in [0.5, 0.6) is 0 Å². The number of nitrogens with one attached hydrogen (secondary N) is 2. The number of amides is 1. The Balaban J connectivity index is 2.01. The van der Waals surface area contributed by atoms with Crippen molar-refractivity contribution in [2.45, 2.75) is 45.8 Å². The zero-order chi connectivity index (χ0) is 15.2. The predicted octanol–water partition coefficient (Wildman–Crippen LogP) is 1.86. The van der Waals surface area contributed by atoms with Crippen LogP contribution in [-0.2, 0) is 13.0 Å². The molecule has 0 aliphatic carbocycles. The summed E-state index contributed by atoms with van der Waals surface area (Å²) >= 11 is 0. The van der Waals surface area contributed by atoms with E-state index in [1.54, 1.807) is 0 Å². The van der Waals surface area contributed by atoms with Gasteiger partial charge in [-0.1, -0.05) is 38.8 Å². The van der Waals surface area contributed by atoms with Crippen LogP contribution in [0.4, 0.5) is 0 Å². The number of aliphatic hydroxyl groups excluding tert-OH is 1. The Hall–Kier alpha value is -1.39. The first-order valence-corrected chi connectivity index (χ1v) is 7.95. The van der Waals surface area contributed by atoms with Crippen molar-refractivity contribution >= 4 is 5.91 Å². The second-order valence-corrected chi connectivity index (χ2v) is 5.72. The van der Waals surface area contributed by atoms with Gasteiger partial charge in [0.25, 0.3) is 5.91 Å². The van der Waals surface area contributed by atoms with Gasteiger partial charge < -0.3 is 15.7 Å². The van der Waals surface area contributed by atoms with Gasteiger partial charge in [-0.3, -0.25) is 4.79 Å². The molecule has 1 unspecified atom stereocenters. The molecule has 4 heteroatoms. The van der Waals surface area contributed by atoms with Gasteiger partial charge >= 0.3 is 0 Å². The van der Waals surface area contributed by atoms with E-state index in [1.165, 1.54) is 5.56 Å². The average molecular weight is 290 g/mol. The molecule has 1 aliphatic rings. The van der Waals surface area contributed by atoms with E-state index in [0.29, 0.717) is 6.54 Å². The number of rotatable bonds is 6. The fourth-order valence-electron chi connectivity index (χ4n) is 3.04. The summed E-state index contributed by atoms with van der Waals surface area (Å²) in [6.45, 7) is 6.20. The van der Waals surface area contributed by atoms with Gasteiger partial charge in [-0.05, 0) is 36.1 Å². The third-order valence-electron chi connectivity index (χ3n) is 4.45. The van der Waals surface area contributed by atoms with Crippen molar-refractivity contribution in [3.63, 3.8) is 0 Å². The van der Waals surface area contributed by atoms with Crippen molar-refractivity contribution in [1.82, 2.24) is 10.6 Å². The molecule has 0 bridgehead atoms. The van der Waals surface area contributed by atoms with Crippen molar-refractivity contribution in [2.75, 3.05) is 13.1 Å². The van der Waals surface area contributed by atoms with Gasteiger partial charge in [0.05, 0.1) is 6.10 Å². The Kier molecular flexibility index (Phi) is 5.76. The number of hydrogen-bond acceptors (Lipinski definition) is 3. The first kappa shape index (κ1) is 16.0. The Morgan fingerprint density at radius 2 is 2.14 bits per heavy atom. The van der Waals surface area contributed by atoms with E-state index in [0.717, 1.165) is 43.5 Å². The molecule has 1 heterocycles. The minimum atomic E-state index is -0.467. The minimum absolute atomic E-state index is 0.0706. The summed E-state index contributed by atoms with van der Waals surface area (Å²) in [6, 6.07) is 5.87. The van der Waals surface area contributed by atoms with Crippen molar-refractivity contribution in [1.29, 1.82) is 0 Å². The van der Waals surface area contributed by atoms with E-state index in [9.17, 15) is 9.90 Å². The van der Waals surface area contributed by atoms with E-state index < -0.39 is 6.10 Å². The van der Waals surface area contributed by atoms with Gasteiger partial charge in [-0.25, -0.2) is 0 Å². The normalized spacial score (nSPS) is 15.6. The number of carbonyl (C=O) groups is 1. The van der Waals surface area contributed by atoms with E-state index in [-0.39, 0.29) is 11.8 Å². The molecule has 1 aliphatic heterocycles. The summed E-state index contributed by atoms with van der Waals surface area (Å²) in [7, 11) is 0. The predicted molar refractivity (Wildman–Crippen MR) is 84.3 cm³/mol. The van der Waals surface area contributed by atoms with Crippen LogP contribution in [0.25, 0.3) is 0 Å². The molecule has 0 saturated carbocycles.